The minimum absolute atomic E-state index is 0.0873. The lowest BCUT2D eigenvalue weighted by Gasteiger charge is -2.08. The summed E-state index contributed by atoms with van der Waals surface area (Å²) in [5.74, 6) is 0.857. The van der Waals surface area contributed by atoms with E-state index in [2.05, 4.69) is 15.3 Å². The zero-order valence-electron chi connectivity index (χ0n) is 10.6. The summed E-state index contributed by atoms with van der Waals surface area (Å²) in [6.45, 7) is 1.96. The maximum atomic E-state index is 11.4. The number of aromatic nitrogens is 2. The molecule has 0 fully saturated rings. The number of nitrogens with one attached hydrogen (secondary N) is 1. The largest absolute Gasteiger partial charge is 0.399 e. The molecule has 3 N–H and O–H groups in total. The molecular formula is C12H16N4O2S. The van der Waals surface area contributed by atoms with Crippen molar-refractivity contribution < 1.29 is 8.42 Å². The molecule has 0 radical (unpaired) electrons. The lowest BCUT2D eigenvalue weighted by atomic mass is 10.2. The number of nitrogens with zero attached hydrogens (tertiary/aromatic N) is 2. The molecule has 0 unspecified atom stereocenters. The van der Waals surface area contributed by atoms with Crippen LogP contribution in [0.1, 0.15) is 6.92 Å². The van der Waals surface area contributed by atoms with E-state index in [1.54, 1.807) is 19.1 Å². The standard InChI is InChI=1S/C12H16N4O2S/c1-2-19(17,18)6-5-14-12-10-4-3-9(13)7-11(10)15-8-16-12/h3-4,7-8H,2,5-6,13H2,1H3,(H,14,15,16). The van der Waals surface area contributed by atoms with Crippen LogP contribution in [0.4, 0.5) is 11.5 Å². The van der Waals surface area contributed by atoms with Crippen molar-refractivity contribution in [1.29, 1.82) is 0 Å². The number of hydrogen-bond acceptors (Lipinski definition) is 6. The molecule has 1 aromatic heterocycles. The highest BCUT2D eigenvalue weighted by molar-refractivity contribution is 7.91. The molecule has 1 aromatic carbocycles. The van der Waals surface area contributed by atoms with Crippen LogP contribution < -0.4 is 11.1 Å². The first-order chi connectivity index (χ1) is 9.02. The summed E-state index contributed by atoms with van der Waals surface area (Å²) in [5, 5.41) is 3.85. The van der Waals surface area contributed by atoms with Crippen molar-refractivity contribution in [2.75, 3.05) is 29.1 Å². The number of sulfone groups is 1. The SMILES string of the molecule is CCS(=O)(=O)CCNc1ncnc2cc(N)ccc12. The van der Waals surface area contributed by atoms with Crippen LogP contribution in [0, 0.1) is 0 Å². The van der Waals surface area contributed by atoms with Gasteiger partial charge in [0.05, 0.1) is 11.3 Å². The maximum absolute atomic E-state index is 11.4. The van der Waals surface area contributed by atoms with Crippen LogP contribution in [0.25, 0.3) is 10.9 Å². The second kappa shape index (κ2) is 5.40. The zero-order chi connectivity index (χ0) is 13.9. The maximum Gasteiger partial charge on any atom is 0.151 e. The fourth-order valence-electron chi connectivity index (χ4n) is 1.68. The van der Waals surface area contributed by atoms with E-state index in [0.29, 0.717) is 18.1 Å². The van der Waals surface area contributed by atoms with Crippen LogP contribution in [0.3, 0.4) is 0 Å². The Morgan fingerprint density at radius 3 is 2.84 bits per heavy atom. The average Bonchev–Trinajstić information content (AvgIpc) is 2.38. The highest BCUT2D eigenvalue weighted by atomic mass is 32.2. The Bertz CT molecular complexity index is 685. The Morgan fingerprint density at radius 2 is 2.11 bits per heavy atom. The molecule has 2 rings (SSSR count). The van der Waals surface area contributed by atoms with Gasteiger partial charge < -0.3 is 11.1 Å². The van der Waals surface area contributed by atoms with Crippen LogP contribution in [-0.2, 0) is 9.84 Å². The topological polar surface area (TPSA) is 98.0 Å². The Kier molecular flexibility index (Phi) is 3.84. The minimum atomic E-state index is -2.98. The fourth-order valence-corrected chi connectivity index (χ4v) is 2.39. The highest BCUT2D eigenvalue weighted by Gasteiger charge is 2.08. The van der Waals surface area contributed by atoms with Crippen molar-refractivity contribution in [2.45, 2.75) is 6.92 Å². The van der Waals surface area contributed by atoms with E-state index in [-0.39, 0.29) is 11.5 Å². The number of rotatable bonds is 5. The predicted molar refractivity (Wildman–Crippen MR) is 76.8 cm³/mol. The fraction of sp³-hybridized carbons (Fsp3) is 0.333. The third-order valence-corrected chi connectivity index (χ3v) is 4.51. The van der Waals surface area contributed by atoms with Gasteiger partial charge in [0, 0.05) is 23.4 Å². The molecule has 0 aliphatic rings. The number of anilines is 2. The molecule has 1 heterocycles. The monoisotopic (exact) mass is 280 g/mol. The van der Waals surface area contributed by atoms with Gasteiger partial charge in [-0.2, -0.15) is 0 Å². The minimum Gasteiger partial charge on any atom is -0.399 e. The molecule has 0 aliphatic carbocycles. The third kappa shape index (κ3) is 3.31. The summed E-state index contributed by atoms with van der Waals surface area (Å²) >= 11 is 0. The lowest BCUT2D eigenvalue weighted by Crippen LogP contribution is -2.17. The predicted octanol–water partition coefficient (Wildman–Crippen LogP) is 1.06. The lowest BCUT2D eigenvalue weighted by molar-refractivity contribution is 0.597. The Labute approximate surface area is 112 Å². The Hall–Kier alpha value is -1.89. The van der Waals surface area contributed by atoms with Gasteiger partial charge in [-0.15, -0.1) is 0 Å². The van der Waals surface area contributed by atoms with Crippen molar-refractivity contribution in [3.63, 3.8) is 0 Å². The van der Waals surface area contributed by atoms with E-state index in [1.165, 1.54) is 6.33 Å². The molecule has 19 heavy (non-hydrogen) atoms. The first-order valence-corrected chi connectivity index (χ1v) is 7.78. The van der Waals surface area contributed by atoms with Gasteiger partial charge in [-0.05, 0) is 18.2 Å². The average molecular weight is 280 g/mol. The van der Waals surface area contributed by atoms with Gasteiger partial charge in [0.1, 0.15) is 12.1 Å². The van der Waals surface area contributed by atoms with E-state index in [4.69, 9.17) is 5.73 Å². The van der Waals surface area contributed by atoms with Gasteiger partial charge >= 0.3 is 0 Å². The van der Waals surface area contributed by atoms with E-state index < -0.39 is 9.84 Å². The molecule has 2 aromatic rings. The summed E-state index contributed by atoms with van der Waals surface area (Å²) < 4.78 is 22.8. The van der Waals surface area contributed by atoms with Crippen LogP contribution in [0.5, 0.6) is 0 Å². The number of hydrogen-bond donors (Lipinski definition) is 2. The van der Waals surface area contributed by atoms with Crippen molar-refractivity contribution in [3.05, 3.63) is 24.5 Å². The molecule has 6 nitrogen and oxygen atoms in total. The third-order valence-electron chi connectivity index (χ3n) is 2.81. The van der Waals surface area contributed by atoms with Crippen molar-refractivity contribution in [2.24, 2.45) is 0 Å². The van der Waals surface area contributed by atoms with Crippen molar-refractivity contribution >= 4 is 32.2 Å². The van der Waals surface area contributed by atoms with Gasteiger partial charge in [0.15, 0.2) is 9.84 Å². The van der Waals surface area contributed by atoms with Crippen LogP contribution in [-0.4, -0.2) is 36.4 Å². The van der Waals surface area contributed by atoms with E-state index >= 15 is 0 Å². The van der Waals surface area contributed by atoms with Crippen molar-refractivity contribution in [3.8, 4) is 0 Å². The molecule has 0 saturated carbocycles. The molecular weight excluding hydrogens is 264 g/mol. The quantitative estimate of drug-likeness (QED) is 0.795. The summed E-state index contributed by atoms with van der Waals surface area (Å²) in [5.41, 5.74) is 7.05. The van der Waals surface area contributed by atoms with Gasteiger partial charge in [0.25, 0.3) is 0 Å². The second-order valence-electron chi connectivity index (χ2n) is 4.16. The molecule has 0 saturated heterocycles. The van der Waals surface area contributed by atoms with E-state index in [0.717, 1.165) is 10.9 Å². The Morgan fingerprint density at radius 1 is 1.32 bits per heavy atom. The van der Waals surface area contributed by atoms with Crippen molar-refractivity contribution in [1.82, 2.24) is 9.97 Å². The molecule has 0 spiro atoms. The second-order valence-corrected chi connectivity index (χ2v) is 6.63. The first-order valence-electron chi connectivity index (χ1n) is 5.96. The van der Waals surface area contributed by atoms with Gasteiger partial charge in [-0.25, -0.2) is 18.4 Å². The highest BCUT2D eigenvalue weighted by Crippen LogP contribution is 2.20. The summed E-state index contributed by atoms with van der Waals surface area (Å²) in [7, 11) is -2.98. The smallest absolute Gasteiger partial charge is 0.151 e. The van der Waals surface area contributed by atoms with Gasteiger partial charge in [0.2, 0.25) is 0 Å². The van der Waals surface area contributed by atoms with Gasteiger partial charge in [-0.1, -0.05) is 6.92 Å². The number of fused-ring (bicyclic) bond motifs is 1. The van der Waals surface area contributed by atoms with E-state index in [1.807, 2.05) is 6.07 Å². The van der Waals surface area contributed by atoms with Crippen LogP contribution in [0.15, 0.2) is 24.5 Å². The summed E-state index contributed by atoms with van der Waals surface area (Å²) in [6.07, 6.45) is 1.43. The summed E-state index contributed by atoms with van der Waals surface area (Å²) in [6, 6.07) is 5.34. The molecule has 0 bridgehead atoms. The zero-order valence-corrected chi connectivity index (χ0v) is 11.4. The number of benzene rings is 1. The molecule has 7 heteroatoms. The van der Waals surface area contributed by atoms with Gasteiger partial charge in [-0.3, -0.25) is 0 Å². The molecule has 0 aliphatic heterocycles. The molecule has 102 valence electrons. The number of nitrogens with two attached hydrogens (primary N) is 1. The molecule has 0 atom stereocenters. The van der Waals surface area contributed by atoms with Crippen LogP contribution in [0.2, 0.25) is 0 Å². The molecule has 0 amide bonds. The normalized spacial score (nSPS) is 11.6. The Balaban J connectivity index is 2.17. The summed E-state index contributed by atoms with van der Waals surface area (Å²) in [4.78, 5) is 8.25. The number of nitrogen functional groups attached to an aromatic ring is 1. The van der Waals surface area contributed by atoms with E-state index in [9.17, 15) is 8.42 Å². The van der Waals surface area contributed by atoms with Crippen LogP contribution >= 0.6 is 0 Å². The first kappa shape index (κ1) is 13.5.